The molecule has 0 radical (unpaired) electrons. The minimum absolute atomic E-state index is 0.157. The molecule has 3 N–H and O–H groups in total. The molecule has 1 heterocycles. The molecule has 0 aliphatic carbocycles. The quantitative estimate of drug-likeness (QED) is 0.580. The molecular weight excluding hydrogens is 426 g/mol. The monoisotopic (exact) mass is 445 g/mol. The molecule has 0 aliphatic heterocycles. The largest absolute Gasteiger partial charge is 0.326 e. The fraction of sp³-hybridized carbons (Fsp3) is 0.150. The van der Waals surface area contributed by atoms with E-state index in [1.807, 2.05) is 42.5 Å². The Morgan fingerprint density at radius 1 is 1.15 bits per heavy atom. The average Bonchev–Trinajstić information content (AvgIpc) is 2.67. The molecule has 3 rings (SSSR count). The Labute approximate surface area is 167 Å². The highest BCUT2D eigenvalue weighted by Crippen LogP contribution is 2.22. The lowest BCUT2D eigenvalue weighted by molar-refractivity contribution is 0.569. The van der Waals surface area contributed by atoms with Gasteiger partial charge in [-0.25, -0.2) is 13.1 Å². The maximum atomic E-state index is 12.7. The van der Waals surface area contributed by atoms with Crippen LogP contribution in [0.25, 0.3) is 16.8 Å². The summed E-state index contributed by atoms with van der Waals surface area (Å²) in [5.74, 6) is 0. The molecule has 0 saturated carbocycles. The van der Waals surface area contributed by atoms with E-state index in [9.17, 15) is 8.42 Å². The number of hydrogen-bond donors (Lipinski definition) is 2. The molecule has 0 aliphatic rings. The van der Waals surface area contributed by atoms with Crippen molar-refractivity contribution in [1.82, 2.24) is 9.71 Å². The molecule has 1 unspecified atom stereocenters. The van der Waals surface area contributed by atoms with Crippen molar-refractivity contribution in [2.45, 2.75) is 17.4 Å². The number of hydrogen-bond acceptors (Lipinski definition) is 4. The van der Waals surface area contributed by atoms with Gasteiger partial charge in [-0.05, 0) is 30.2 Å². The van der Waals surface area contributed by atoms with Crippen molar-refractivity contribution in [2.24, 2.45) is 5.73 Å². The Morgan fingerprint density at radius 3 is 2.78 bits per heavy atom. The number of fused-ring (bicyclic) bond motifs is 1. The molecule has 140 valence electrons. The van der Waals surface area contributed by atoms with Gasteiger partial charge in [0.05, 0.1) is 4.90 Å². The number of halogens is 1. The van der Waals surface area contributed by atoms with Gasteiger partial charge in [0.25, 0.3) is 0 Å². The van der Waals surface area contributed by atoms with Crippen molar-refractivity contribution in [1.29, 1.82) is 0 Å². The highest BCUT2D eigenvalue weighted by Gasteiger charge is 2.17. The Hall–Kier alpha value is -2.06. The van der Waals surface area contributed by atoms with E-state index in [1.54, 1.807) is 30.6 Å². The van der Waals surface area contributed by atoms with E-state index < -0.39 is 10.0 Å². The van der Waals surface area contributed by atoms with Gasteiger partial charge in [-0.2, -0.15) is 0 Å². The molecule has 1 atom stereocenters. The summed E-state index contributed by atoms with van der Waals surface area (Å²) in [6.45, 7) is 0.157. The third kappa shape index (κ3) is 5.01. The van der Waals surface area contributed by atoms with Crippen LogP contribution < -0.4 is 10.5 Å². The molecule has 0 bridgehead atoms. The van der Waals surface area contributed by atoms with Gasteiger partial charge < -0.3 is 5.73 Å². The second kappa shape index (κ2) is 8.75. The lowest BCUT2D eigenvalue weighted by Gasteiger charge is -2.13. The molecule has 0 saturated heterocycles. The third-order valence-electron chi connectivity index (χ3n) is 4.11. The molecule has 0 spiro atoms. The zero-order valence-electron chi connectivity index (χ0n) is 14.5. The smallest absolute Gasteiger partial charge is 0.241 e. The molecular formula is C20H20BrN3O2S. The lowest BCUT2D eigenvalue weighted by Crippen LogP contribution is -2.36. The van der Waals surface area contributed by atoms with Crippen molar-refractivity contribution < 1.29 is 8.42 Å². The molecule has 3 aromatic rings. The van der Waals surface area contributed by atoms with Crippen molar-refractivity contribution in [3.05, 3.63) is 77.0 Å². The average molecular weight is 446 g/mol. The number of nitrogens with zero attached hydrogens (tertiary/aromatic N) is 1. The lowest BCUT2D eigenvalue weighted by atomic mass is 10.1. The van der Waals surface area contributed by atoms with Crippen LogP contribution in [0.15, 0.2) is 76.4 Å². The SMILES string of the molecule is NC(CC=Cc1ccccc1Br)CNS(=O)(=O)c1cccc2cnccc12. The predicted molar refractivity (Wildman–Crippen MR) is 113 cm³/mol. The van der Waals surface area contributed by atoms with Gasteiger partial charge in [0.1, 0.15) is 0 Å². The third-order valence-corrected chi connectivity index (χ3v) is 6.31. The number of aromatic nitrogens is 1. The summed E-state index contributed by atoms with van der Waals surface area (Å²) in [6, 6.07) is 14.4. The van der Waals surface area contributed by atoms with Gasteiger partial charge in [0.15, 0.2) is 0 Å². The van der Waals surface area contributed by atoms with Crippen LogP contribution >= 0.6 is 15.9 Å². The highest BCUT2D eigenvalue weighted by atomic mass is 79.9. The maximum absolute atomic E-state index is 12.7. The van der Waals surface area contributed by atoms with Gasteiger partial charge in [-0.1, -0.05) is 58.4 Å². The molecule has 1 aromatic heterocycles. The van der Waals surface area contributed by atoms with Crippen LogP contribution in [-0.4, -0.2) is 26.0 Å². The first-order valence-corrected chi connectivity index (χ1v) is 10.7. The second-order valence-corrected chi connectivity index (χ2v) is 8.71. The predicted octanol–water partition coefficient (Wildman–Crippen LogP) is 3.71. The number of pyridine rings is 1. The number of nitrogens with one attached hydrogen (secondary N) is 1. The van der Waals surface area contributed by atoms with E-state index in [4.69, 9.17) is 5.73 Å². The Morgan fingerprint density at radius 2 is 1.96 bits per heavy atom. The van der Waals surface area contributed by atoms with Crippen LogP contribution in [0, 0.1) is 0 Å². The Balaban J connectivity index is 1.64. The van der Waals surface area contributed by atoms with Crippen molar-refractivity contribution in [3.8, 4) is 0 Å². The molecule has 27 heavy (non-hydrogen) atoms. The van der Waals surface area contributed by atoms with Crippen molar-refractivity contribution >= 4 is 42.8 Å². The topological polar surface area (TPSA) is 85.1 Å². The molecule has 7 heteroatoms. The summed E-state index contributed by atoms with van der Waals surface area (Å²) in [7, 11) is -3.66. The fourth-order valence-corrected chi connectivity index (χ4v) is 4.42. The van der Waals surface area contributed by atoms with Crippen LogP contribution in [0.5, 0.6) is 0 Å². The van der Waals surface area contributed by atoms with Gasteiger partial charge >= 0.3 is 0 Å². The van der Waals surface area contributed by atoms with Gasteiger partial charge in [-0.15, -0.1) is 0 Å². The summed E-state index contributed by atoms with van der Waals surface area (Å²) in [5, 5.41) is 1.42. The van der Waals surface area contributed by atoms with E-state index in [1.165, 1.54) is 0 Å². The number of rotatable bonds is 7. The summed E-state index contributed by atoms with van der Waals surface area (Å²) < 4.78 is 29.0. The van der Waals surface area contributed by atoms with Gasteiger partial charge in [0, 0.05) is 40.2 Å². The first kappa shape index (κ1) is 19.7. The number of benzene rings is 2. The second-order valence-electron chi connectivity index (χ2n) is 6.12. The zero-order valence-corrected chi connectivity index (χ0v) is 16.9. The van der Waals surface area contributed by atoms with Crippen molar-refractivity contribution in [2.75, 3.05) is 6.54 Å². The molecule has 0 amide bonds. The van der Waals surface area contributed by atoms with Crippen LogP contribution in [0.3, 0.4) is 0 Å². The minimum Gasteiger partial charge on any atom is -0.326 e. The van der Waals surface area contributed by atoms with E-state index in [0.717, 1.165) is 15.4 Å². The molecule has 0 fully saturated rings. The summed E-state index contributed by atoms with van der Waals surface area (Å²) in [4.78, 5) is 4.26. The van der Waals surface area contributed by atoms with Crippen LogP contribution in [-0.2, 0) is 10.0 Å². The Kier molecular flexibility index (Phi) is 6.38. The van der Waals surface area contributed by atoms with Gasteiger partial charge in [-0.3, -0.25) is 4.98 Å². The van der Waals surface area contributed by atoms with Gasteiger partial charge in [0.2, 0.25) is 10.0 Å². The maximum Gasteiger partial charge on any atom is 0.241 e. The number of sulfonamides is 1. The summed E-state index contributed by atoms with van der Waals surface area (Å²) in [5.41, 5.74) is 7.12. The van der Waals surface area contributed by atoms with Crippen LogP contribution in [0.4, 0.5) is 0 Å². The minimum atomic E-state index is -3.66. The summed E-state index contributed by atoms with van der Waals surface area (Å²) in [6.07, 6.45) is 7.70. The number of nitrogens with two attached hydrogens (primary N) is 1. The first-order chi connectivity index (χ1) is 13.0. The van der Waals surface area contributed by atoms with E-state index in [2.05, 4.69) is 25.6 Å². The normalized spacial score (nSPS) is 13.3. The van der Waals surface area contributed by atoms with Crippen LogP contribution in [0.2, 0.25) is 0 Å². The summed E-state index contributed by atoms with van der Waals surface area (Å²) >= 11 is 3.49. The molecule has 2 aromatic carbocycles. The van der Waals surface area contributed by atoms with E-state index in [0.29, 0.717) is 11.8 Å². The highest BCUT2D eigenvalue weighted by molar-refractivity contribution is 9.10. The van der Waals surface area contributed by atoms with E-state index in [-0.39, 0.29) is 17.5 Å². The first-order valence-electron chi connectivity index (χ1n) is 8.46. The molecule has 5 nitrogen and oxygen atoms in total. The van der Waals surface area contributed by atoms with E-state index >= 15 is 0 Å². The fourth-order valence-electron chi connectivity index (χ4n) is 2.69. The van der Waals surface area contributed by atoms with Crippen LogP contribution in [0.1, 0.15) is 12.0 Å². The van der Waals surface area contributed by atoms with Crippen molar-refractivity contribution in [3.63, 3.8) is 0 Å². The zero-order chi connectivity index (χ0) is 19.3. The standard InChI is InChI=1S/C20H20BrN3O2S/c21-19-9-2-1-5-15(19)6-3-8-17(22)14-24-27(25,26)20-10-4-7-16-13-23-12-11-18(16)20/h1-7,9-13,17,24H,8,14,22H2. The Bertz CT molecular complexity index is 1060.